The van der Waals surface area contributed by atoms with Gasteiger partial charge in [0, 0.05) is 38.1 Å². The SMILES string of the molecule is CC(NC(=O)Nc1ccccc1)C(=O)N(C)Cc1cnn(C)c1. The Morgan fingerprint density at radius 3 is 2.61 bits per heavy atom. The number of anilines is 1. The zero-order valence-electron chi connectivity index (χ0n) is 13.5. The Balaban J connectivity index is 1.85. The summed E-state index contributed by atoms with van der Waals surface area (Å²) in [5, 5.41) is 9.39. The number of hydrogen-bond acceptors (Lipinski definition) is 3. The van der Waals surface area contributed by atoms with E-state index in [4.69, 9.17) is 0 Å². The Labute approximate surface area is 135 Å². The van der Waals surface area contributed by atoms with E-state index in [1.54, 1.807) is 41.9 Å². The van der Waals surface area contributed by atoms with E-state index in [-0.39, 0.29) is 5.91 Å². The second-order valence-electron chi connectivity index (χ2n) is 5.40. The first-order chi connectivity index (χ1) is 11.0. The summed E-state index contributed by atoms with van der Waals surface area (Å²) in [5.74, 6) is -0.169. The van der Waals surface area contributed by atoms with Gasteiger partial charge in [0.2, 0.25) is 5.91 Å². The number of likely N-dealkylation sites (N-methyl/N-ethyl adjacent to an activating group) is 1. The van der Waals surface area contributed by atoms with Gasteiger partial charge < -0.3 is 15.5 Å². The Bertz CT molecular complexity index is 668. The summed E-state index contributed by atoms with van der Waals surface area (Å²) >= 11 is 0. The van der Waals surface area contributed by atoms with Crippen LogP contribution in [0.4, 0.5) is 10.5 Å². The van der Waals surface area contributed by atoms with Gasteiger partial charge >= 0.3 is 6.03 Å². The van der Waals surface area contributed by atoms with Crippen molar-refractivity contribution in [1.29, 1.82) is 0 Å². The van der Waals surface area contributed by atoms with Crippen LogP contribution in [0, 0.1) is 0 Å². The molecule has 23 heavy (non-hydrogen) atoms. The molecule has 0 fully saturated rings. The Hall–Kier alpha value is -2.83. The molecule has 7 heteroatoms. The number of aryl methyl sites for hydroxylation is 1. The highest BCUT2D eigenvalue weighted by Gasteiger charge is 2.19. The lowest BCUT2D eigenvalue weighted by Gasteiger charge is -2.21. The van der Waals surface area contributed by atoms with Crippen LogP contribution in [0.25, 0.3) is 0 Å². The molecule has 7 nitrogen and oxygen atoms in total. The number of carbonyl (C=O) groups excluding carboxylic acids is 2. The van der Waals surface area contributed by atoms with Crippen LogP contribution in [0.5, 0.6) is 0 Å². The minimum absolute atomic E-state index is 0.169. The zero-order valence-corrected chi connectivity index (χ0v) is 13.5. The van der Waals surface area contributed by atoms with E-state index in [0.29, 0.717) is 12.2 Å². The van der Waals surface area contributed by atoms with E-state index in [0.717, 1.165) is 5.56 Å². The van der Waals surface area contributed by atoms with Crippen molar-refractivity contribution in [2.24, 2.45) is 7.05 Å². The first-order valence-electron chi connectivity index (χ1n) is 7.31. The minimum atomic E-state index is -0.625. The number of amides is 3. The number of para-hydroxylation sites is 1. The van der Waals surface area contributed by atoms with Gasteiger partial charge in [-0.05, 0) is 19.1 Å². The van der Waals surface area contributed by atoms with E-state index >= 15 is 0 Å². The number of rotatable bonds is 5. The van der Waals surface area contributed by atoms with Crippen LogP contribution in [-0.4, -0.2) is 39.7 Å². The van der Waals surface area contributed by atoms with Crippen molar-refractivity contribution in [3.8, 4) is 0 Å². The zero-order chi connectivity index (χ0) is 16.8. The van der Waals surface area contributed by atoms with E-state index in [2.05, 4.69) is 15.7 Å². The highest BCUT2D eigenvalue weighted by molar-refractivity contribution is 5.93. The second-order valence-corrected chi connectivity index (χ2v) is 5.40. The highest BCUT2D eigenvalue weighted by atomic mass is 16.2. The van der Waals surface area contributed by atoms with Gasteiger partial charge in [0.05, 0.1) is 6.20 Å². The molecule has 2 aromatic rings. The third-order valence-electron chi connectivity index (χ3n) is 3.30. The van der Waals surface area contributed by atoms with E-state index in [9.17, 15) is 9.59 Å². The number of hydrogen-bond donors (Lipinski definition) is 2. The van der Waals surface area contributed by atoms with Crippen LogP contribution in [0.15, 0.2) is 42.7 Å². The molecule has 122 valence electrons. The smallest absolute Gasteiger partial charge is 0.319 e. The van der Waals surface area contributed by atoms with Gasteiger partial charge in [-0.3, -0.25) is 9.48 Å². The minimum Gasteiger partial charge on any atom is -0.340 e. The molecule has 0 saturated carbocycles. The van der Waals surface area contributed by atoms with Crippen molar-refractivity contribution in [1.82, 2.24) is 20.0 Å². The number of aromatic nitrogens is 2. The van der Waals surface area contributed by atoms with Crippen LogP contribution in [0.2, 0.25) is 0 Å². The standard InChI is InChI=1S/C16H21N5O2/c1-12(18-16(23)19-14-7-5-4-6-8-14)15(22)20(2)10-13-9-17-21(3)11-13/h4-9,11-12H,10H2,1-3H3,(H2,18,19,23). The molecule has 0 spiro atoms. The van der Waals surface area contributed by atoms with Crippen LogP contribution in [0.1, 0.15) is 12.5 Å². The maximum absolute atomic E-state index is 12.3. The van der Waals surface area contributed by atoms with Gasteiger partial charge in [0.15, 0.2) is 0 Å². The number of nitrogens with zero attached hydrogens (tertiary/aromatic N) is 3. The Morgan fingerprint density at radius 2 is 2.00 bits per heavy atom. The molecule has 0 aliphatic heterocycles. The van der Waals surface area contributed by atoms with Crippen LogP contribution >= 0.6 is 0 Å². The fraction of sp³-hybridized carbons (Fsp3) is 0.312. The van der Waals surface area contributed by atoms with Crippen LogP contribution in [-0.2, 0) is 18.4 Å². The molecule has 1 heterocycles. The molecule has 1 aromatic heterocycles. The van der Waals surface area contributed by atoms with Crippen molar-refractivity contribution in [3.63, 3.8) is 0 Å². The summed E-state index contributed by atoms with van der Waals surface area (Å²) in [7, 11) is 3.52. The van der Waals surface area contributed by atoms with Gasteiger partial charge in [0.1, 0.15) is 6.04 Å². The quantitative estimate of drug-likeness (QED) is 0.879. The monoisotopic (exact) mass is 315 g/mol. The molecule has 0 saturated heterocycles. The molecule has 0 bridgehead atoms. The van der Waals surface area contributed by atoms with Crippen molar-refractivity contribution >= 4 is 17.6 Å². The fourth-order valence-corrected chi connectivity index (χ4v) is 2.18. The molecule has 3 amide bonds. The lowest BCUT2D eigenvalue weighted by Crippen LogP contribution is -2.46. The molecule has 2 rings (SSSR count). The van der Waals surface area contributed by atoms with Crippen molar-refractivity contribution in [2.45, 2.75) is 19.5 Å². The Morgan fingerprint density at radius 1 is 1.30 bits per heavy atom. The molecule has 1 aromatic carbocycles. The average Bonchev–Trinajstić information content (AvgIpc) is 2.92. The van der Waals surface area contributed by atoms with Gasteiger partial charge in [0.25, 0.3) is 0 Å². The Kier molecular flexibility index (Phi) is 5.35. The van der Waals surface area contributed by atoms with Gasteiger partial charge in [-0.2, -0.15) is 5.10 Å². The van der Waals surface area contributed by atoms with Crippen molar-refractivity contribution in [2.75, 3.05) is 12.4 Å². The first kappa shape index (κ1) is 16.5. The molecular weight excluding hydrogens is 294 g/mol. The lowest BCUT2D eigenvalue weighted by molar-refractivity contribution is -0.131. The summed E-state index contributed by atoms with van der Waals surface area (Å²) in [4.78, 5) is 25.8. The molecule has 2 N–H and O–H groups in total. The summed E-state index contributed by atoms with van der Waals surface area (Å²) in [6.45, 7) is 2.10. The maximum atomic E-state index is 12.3. The number of benzene rings is 1. The van der Waals surface area contributed by atoms with E-state index in [1.165, 1.54) is 0 Å². The molecule has 1 atom stereocenters. The molecular formula is C16H21N5O2. The maximum Gasteiger partial charge on any atom is 0.319 e. The van der Waals surface area contributed by atoms with Crippen LogP contribution in [0.3, 0.4) is 0 Å². The lowest BCUT2D eigenvalue weighted by atomic mass is 10.2. The number of urea groups is 1. The van der Waals surface area contributed by atoms with Gasteiger partial charge in [-0.15, -0.1) is 0 Å². The topological polar surface area (TPSA) is 79.3 Å². The largest absolute Gasteiger partial charge is 0.340 e. The highest BCUT2D eigenvalue weighted by Crippen LogP contribution is 2.06. The summed E-state index contributed by atoms with van der Waals surface area (Å²) in [6, 6.07) is 8.04. The average molecular weight is 315 g/mol. The van der Waals surface area contributed by atoms with Crippen molar-refractivity contribution < 1.29 is 9.59 Å². The molecule has 1 unspecified atom stereocenters. The first-order valence-corrected chi connectivity index (χ1v) is 7.31. The molecule has 0 aliphatic carbocycles. The summed E-state index contributed by atoms with van der Waals surface area (Å²) in [5.41, 5.74) is 1.61. The summed E-state index contributed by atoms with van der Waals surface area (Å²) < 4.78 is 1.68. The fourth-order valence-electron chi connectivity index (χ4n) is 2.18. The third kappa shape index (κ3) is 4.84. The second kappa shape index (κ2) is 7.44. The van der Waals surface area contributed by atoms with Crippen LogP contribution < -0.4 is 10.6 Å². The molecule has 0 radical (unpaired) electrons. The van der Waals surface area contributed by atoms with Gasteiger partial charge in [-0.25, -0.2) is 4.79 Å². The predicted octanol–water partition coefficient (Wildman–Crippen LogP) is 1.59. The van der Waals surface area contributed by atoms with Gasteiger partial charge in [-0.1, -0.05) is 18.2 Å². The van der Waals surface area contributed by atoms with Crippen molar-refractivity contribution in [3.05, 3.63) is 48.3 Å². The number of nitrogens with one attached hydrogen (secondary N) is 2. The summed E-state index contributed by atoms with van der Waals surface area (Å²) in [6.07, 6.45) is 3.56. The third-order valence-corrected chi connectivity index (χ3v) is 3.30. The van der Waals surface area contributed by atoms with E-state index in [1.807, 2.05) is 31.4 Å². The van der Waals surface area contributed by atoms with E-state index < -0.39 is 12.1 Å². The predicted molar refractivity (Wildman–Crippen MR) is 87.7 cm³/mol. The number of carbonyl (C=O) groups is 2. The normalized spacial score (nSPS) is 11.6. The molecule has 0 aliphatic rings.